The molecule has 0 saturated heterocycles. The van der Waals surface area contributed by atoms with Gasteiger partial charge in [0.15, 0.2) is 0 Å². The van der Waals surface area contributed by atoms with Gasteiger partial charge in [0.25, 0.3) is 5.91 Å². The normalized spacial score (nSPS) is 10.7. The number of hydrogen-bond acceptors (Lipinski definition) is 3. The summed E-state index contributed by atoms with van der Waals surface area (Å²) in [4.78, 5) is 11.9. The van der Waals surface area contributed by atoms with Crippen LogP contribution >= 0.6 is 34.8 Å². The summed E-state index contributed by atoms with van der Waals surface area (Å²) in [7, 11) is 1.53. The highest BCUT2D eigenvalue weighted by atomic mass is 35.5. The maximum absolute atomic E-state index is 11.9. The Bertz CT molecular complexity index is 733. The molecule has 0 aliphatic rings. The second kappa shape index (κ2) is 7.49. The molecule has 0 unspecified atom stereocenters. The van der Waals surface area contributed by atoms with Crippen LogP contribution in [0.1, 0.15) is 15.9 Å². The Morgan fingerprint density at radius 3 is 2.50 bits per heavy atom. The smallest absolute Gasteiger partial charge is 0.271 e. The second-order valence-electron chi connectivity index (χ2n) is 4.22. The lowest BCUT2D eigenvalue weighted by molar-refractivity contribution is 0.0955. The van der Waals surface area contributed by atoms with Crippen molar-refractivity contribution in [2.45, 2.75) is 0 Å². The summed E-state index contributed by atoms with van der Waals surface area (Å²) in [6.07, 6.45) is 1.47. The molecule has 0 heterocycles. The first-order valence-electron chi connectivity index (χ1n) is 6.13. The van der Waals surface area contributed by atoms with Gasteiger partial charge in [0.05, 0.1) is 28.4 Å². The molecule has 0 radical (unpaired) electrons. The molecule has 4 nitrogen and oxygen atoms in total. The molecule has 2 rings (SSSR count). The highest BCUT2D eigenvalue weighted by Gasteiger charge is 2.07. The van der Waals surface area contributed by atoms with E-state index in [1.54, 1.807) is 30.3 Å². The third-order valence-corrected chi connectivity index (χ3v) is 3.77. The van der Waals surface area contributed by atoms with Gasteiger partial charge >= 0.3 is 0 Å². The van der Waals surface area contributed by atoms with E-state index in [0.29, 0.717) is 26.4 Å². The van der Waals surface area contributed by atoms with E-state index >= 15 is 0 Å². The molecule has 0 aliphatic heterocycles. The Hall–Kier alpha value is -1.75. The number of halogens is 3. The fourth-order valence-corrected chi connectivity index (χ4v) is 2.19. The van der Waals surface area contributed by atoms with E-state index in [1.807, 2.05) is 0 Å². The number of nitrogens with one attached hydrogen (secondary N) is 1. The van der Waals surface area contributed by atoms with Crippen LogP contribution in [0.25, 0.3) is 0 Å². The molecule has 22 heavy (non-hydrogen) atoms. The van der Waals surface area contributed by atoms with Crippen molar-refractivity contribution < 1.29 is 9.53 Å². The fourth-order valence-electron chi connectivity index (χ4n) is 1.63. The van der Waals surface area contributed by atoms with Gasteiger partial charge in [-0.2, -0.15) is 5.10 Å². The minimum Gasteiger partial charge on any atom is -0.495 e. The average Bonchev–Trinajstić information content (AvgIpc) is 2.50. The molecule has 2 aromatic rings. The molecule has 0 aromatic heterocycles. The number of methoxy groups -OCH3 is 1. The minimum atomic E-state index is -0.394. The summed E-state index contributed by atoms with van der Waals surface area (Å²) in [5, 5.41) is 5.02. The van der Waals surface area contributed by atoms with E-state index in [9.17, 15) is 4.79 Å². The van der Waals surface area contributed by atoms with Crippen molar-refractivity contribution in [2.75, 3.05) is 7.11 Å². The van der Waals surface area contributed by atoms with Gasteiger partial charge < -0.3 is 4.74 Å². The largest absolute Gasteiger partial charge is 0.495 e. The molecule has 2 aromatic carbocycles. The van der Waals surface area contributed by atoms with E-state index in [1.165, 1.54) is 19.4 Å². The molecule has 0 fully saturated rings. The Morgan fingerprint density at radius 2 is 1.86 bits per heavy atom. The lowest BCUT2D eigenvalue weighted by Crippen LogP contribution is -2.17. The monoisotopic (exact) mass is 356 g/mol. The number of nitrogens with zero attached hydrogens (tertiary/aromatic N) is 1. The quantitative estimate of drug-likeness (QED) is 0.650. The lowest BCUT2D eigenvalue weighted by atomic mass is 10.2. The van der Waals surface area contributed by atoms with Crippen LogP contribution in [0.15, 0.2) is 41.5 Å². The van der Waals surface area contributed by atoms with Crippen LogP contribution in [0.5, 0.6) is 5.75 Å². The van der Waals surface area contributed by atoms with E-state index < -0.39 is 5.91 Å². The zero-order chi connectivity index (χ0) is 16.1. The van der Waals surface area contributed by atoms with Crippen LogP contribution in [0, 0.1) is 0 Å². The van der Waals surface area contributed by atoms with Gasteiger partial charge in [0.2, 0.25) is 0 Å². The van der Waals surface area contributed by atoms with Crippen molar-refractivity contribution in [1.82, 2.24) is 5.43 Å². The van der Waals surface area contributed by atoms with Crippen LogP contribution in [0.4, 0.5) is 0 Å². The number of ether oxygens (including phenoxy) is 1. The second-order valence-corrected chi connectivity index (χ2v) is 5.44. The van der Waals surface area contributed by atoms with Crippen LogP contribution in [-0.2, 0) is 0 Å². The lowest BCUT2D eigenvalue weighted by Gasteiger charge is -2.03. The maximum atomic E-state index is 11.9. The topological polar surface area (TPSA) is 50.7 Å². The van der Waals surface area contributed by atoms with Crippen LogP contribution in [-0.4, -0.2) is 19.2 Å². The first-order valence-corrected chi connectivity index (χ1v) is 7.26. The summed E-state index contributed by atoms with van der Waals surface area (Å²) in [5.74, 6) is 0.174. The van der Waals surface area contributed by atoms with Crippen molar-refractivity contribution in [3.05, 3.63) is 62.6 Å². The molecule has 1 amide bonds. The fraction of sp³-hybridized carbons (Fsp3) is 0.0667. The highest BCUT2D eigenvalue weighted by molar-refractivity contribution is 6.42. The number of carbonyl (C=O) groups excluding carboxylic acids is 1. The van der Waals surface area contributed by atoms with Gasteiger partial charge in [0, 0.05) is 5.56 Å². The van der Waals surface area contributed by atoms with Gasteiger partial charge in [0.1, 0.15) is 5.75 Å². The van der Waals surface area contributed by atoms with Crippen molar-refractivity contribution in [1.29, 1.82) is 0 Å². The summed E-state index contributed by atoms with van der Waals surface area (Å²) in [5.41, 5.74) is 3.48. The SMILES string of the molecule is COc1ccc(C=NNC(=O)c2ccc(Cl)c(Cl)c2)cc1Cl. The molecule has 0 atom stereocenters. The third-order valence-electron chi connectivity index (χ3n) is 2.74. The molecule has 7 heteroatoms. The molecule has 1 N–H and O–H groups in total. The van der Waals surface area contributed by atoms with Gasteiger partial charge in [-0.25, -0.2) is 5.43 Å². The number of rotatable bonds is 4. The zero-order valence-electron chi connectivity index (χ0n) is 11.4. The van der Waals surface area contributed by atoms with Gasteiger partial charge in [-0.05, 0) is 42.0 Å². The summed E-state index contributed by atoms with van der Waals surface area (Å²) >= 11 is 17.6. The third kappa shape index (κ3) is 4.13. The molecular formula is C15H11Cl3N2O2. The van der Waals surface area contributed by atoms with Crippen LogP contribution < -0.4 is 10.2 Å². The molecule has 0 aliphatic carbocycles. The van der Waals surface area contributed by atoms with Crippen LogP contribution in [0.3, 0.4) is 0 Å². The predicted octanol–water partition coefficient (Wildman–Crippen LogP) is 4.42. The molecule has 0 spiro atoms. The standard InChI is InChI=1S/C15H11Cl3N2O2/c1-22-14-5-2-9(6-13(14)18)8-19-20-15(21)10-3-4-11(16)12(17)7-10/h2-8H,1H3,(H,20,21). The van der Waals surface area contributed by atoms with Crippen molar-refractivity contribution >= 4 is 46.9 Å². The Labute approximate surface area is 142 Å². The van der Waals surface area contributed by atoms with E-state index in [2.05, 4.69) is 10.5 Å². The average molecular weight is 358 g/mol. The van der Waals surface area contributed by atoms with Gasteiger partial charge in [-0.1, -0.05) is 34.8 Å². The predicted molar refractivity (Wildman–Crippen MR) is 89.5 cm³/mol. The Morgan fingerprint density at radius 1 is 1.09 bits per heavy atom. The van der Waals surface area contributed by atoms with Crippen molar-refractivity contribution in [3.63, 3.8) is 0 Å². The van der Waals surface area contributed by atoms with Gasteiger partial charge in [-0.3, -0.25) is 4.79 Å². The Kier molecular flexibility index (Phi) is 5.66. The number of hydrazone groups is 1. The maximum Gasteiger partial charge on any atom is 0.271 e. The van der Waals surface area contributed by atoms with E-state index in [4.69, 9.17) is 39.5 Å². The van der Waals surface area contributed by atoms with Crippen molar-refractivity contribution in [3.8, 4) is 5.75 Å². The number of hydrogen-bond donors (Lipinski definition) is 1. The van der Waals surface area contributed by atoms with Gasteiger partial charge in [-0.15, -0.1) is 0 Å². The molecule has 114 valence electrons. The summed E-state index contributed by atoms with van der Waals surface area (Å²) in [6.45, 7) is 0. The summed E-state index contributed by atoms with van der Waals surface area (Å²) < 4.78 is 5.05. The zero-order valence-corrected chi connectivity index (χ0v) is 13.7. The number of carbonyl (C=O) groups is 1. The highest BCUT2D eigenvalue weighted by Crippen LogP contribution is 2.24. The first kappa shape index (κ1) is 16.6. The minimum absolute atomic E-state index is 0.306. The van der Waals surface area contributed by atoms with Crippen molar-refractivity contribution in [2.24, 2.45) is 5.10 Å². The van der Waals surface area contributed by atoms with Crippen LogP contribution in [0.2, 0.25) is 15.1 Å². The first-order chi connectivity index (χ1) is 10.5. The molecular weight excluding hydrogens is 347 g/mol. The summed E-state index contributed by atoms with van der Waals surface area (Å²) in [6, 6.07) is 9.73. The number of benzene rings is 2. The van der Waals surface area contributed by atoms with E-state index in [0.717, 1.165) is 5.56 Å². The Balaban J connectivity index is 2.04. The molecule has 0 saturated carbocycles. The number of amides is 1. The molecule has 0 bridgehead atoms. The van der Waals surface area contributed by atoms with E-state index in [-0.39, 0.29) is 0 Å².